The van der Waals surface area contributed by atoms with Crippen LogP contribution in [-0.2, 0) is 12.8 Å². The molecule has 0 unspecified atom stereocenters. The molecule has 0 aromatic heterocycles. The second-order valence-corrected chi connectivity index (χ2v) is 5.21. The molecule has 114 valence electrons. The molecule has 0 aliphatic carbocycles. The van der Waals surface area contributed by atoms with Crippen LogP contribution in [0.15, 0.2) is 41.4 Å². The van der Waals surface area contributed by atoms with Crippen molar-refractivity contribution in [2.45, 2.75) is 12.8 Å². The molecule has 0 amide bonds. The van der Waals surface area contributed by atoms with Gasteiger partial charge in [0.1, 0.15) is 5.82 Å². The van der Waals surface area contributed by atoms with Crippen molar-refractivity contribution in [2.75, 3.05) is 20.8 Å². The van der Waals surface area contributed by atoms with Crippen molar-refractivity contribution in [3.63, 3.8) is 0 Å². The molecule has 0 saturated heterocycles. The molecular formula is C18H18FNO2. The summed E-state index contributed by atoms with van der Waals surface area (Å²) in [6.45, 7) is 0.715. The number of methoxy groups -OCH3 is 2. The Bertz CT molecular complexity index is 725. The van der Waals surface area contributed by atoms with Gasteiger partial charge in [-0.1, -0.05) is 18.2 Å². The molecule has 3 nitrogen and oxygen atoms in total. The minimum Gasteiger partial charge on any atom is -0.493 e. The van der Waals surface area contributed by atoms with Gasteiger partial charge < -0.3 is 9.47 Å². The topological polar surface area (TPSA) is 30.8 Å². The summed E-state index contributed by atoms with van der Waals surface area (Å²) >= 11 is 0. The quantitative estimate of drug-likeness (QED) is 0.866. The zero-order valence-electron chi connectivity index (χ0n) is 12.7. The predicted octanol–water partition coefficient (Wildman–Crippen LogP) is 3.43. The number of fused-ring (bicyclic) bond motifs is 1. The smallest absolute Gasteiger partial charge is 0.161 e. The fraction of sp³-hybridized carbons (Fsp3) is 0.278. The first-order valence-electron chi connectivity index (χ1n) is 7.25. The Labute approximate surface area is 129 Å². The highest BCUT2D eigenvalue weighted by atomic mass is 19.1. The Hall–Kier alpha value is -2.36. The number of hydrogen-bond donors (Lipinski definition) is 0. The highest BCUT2D eigenvalue weighted by molar-refractivity contribution is 6.04. The molecule has 4 heteroatoms. The van der Waals surface area contributed by atoms with E-state index in [-0.39, 0.29) is 5.82 Å². The largest absolute Gasteiger partial charge is 0.493 e. The minimum atomic E-state index is -0.196. The normalized spacial score (nSPS) is 13.3. The van der Waals surface area contributed by atoms with Crippen LogP contribution in [0, 0.1) is 5.82 Å². The van der Waals surface area contributed by atoms with E-state index in [9.17, 15) is 4.39 Å². The minimum absolute atomic E-state index is 0.196. The summed E-state index contributed by atoms with van der Waals surface area (Å²) in [6.07, 6.45) is 1.34. The van der Waals surface area contributed by atoms with Crippen LogP contribution in [0.4, 0.5) is 4.39 Å². The lowest BCUT2D eigenvalue weighted by atomic mass is 9.93. The van der Waals surface area contributed by atoms with Gasteiger partial charge >= 0.3 is 0 Å². The van der Waals surface area contributed by atoms with Crippen molar-refractivity contribution < 1.29 is 13.9 Å². The third kappa shape index (κ3) is 2.69. The molecular weight excluding hydrogens is 281 g/mol. The molecule has 2 aromatic carbocycles. The van der Waals surface area contributed by atoms with E-state index in [0.29, 0.717) is 30.0 Å². The van der Waals surface area contributed by atoms with Crippen LogP contribution in [0.25, 0.3) is 0 Å². The molecule has 0 fully saturated rings. The molecule has 0 spiro atoms. The van der Waals surface area contributed by atoms with Gasteiger partial charge in [0.2, 0.25) is 0 Å². The fourth-order valence-electron chi connectivity index (χ4n) is 2.77. The summed E-state index contributed by atoms with van der Waals surface area (Å²) in [4.78, 5) is 4.59. The number of hydrogen-bond acceptors (Lipinski definition) is 3. The maximum absolute atomic E-state index is 13.9. The first kappa shape index (κ1) is 14.6. The molecule has 3 rings (SSSR count). The van der Waals surface area contributed by atoms with E-state index in [2.05, 4.69) is 4.99 Å². The van der Waals surface area contributed by atoms with Crippen LogP contribution in [-0.4, -0.2) is 26.5 Å². The van der Waals surface area contributed by atoms with Crippen molar-refractivity contribution in [1.82, 2.24) is 0 Å². The maximum atomic E-state index is 13.9. The lowest BCUT2D eigenvalue weighted by molar-refractivity contribution is 0.354. The van der Waals surface area contributed by atoms with Crippen LogP contribution in [0.2, 0.25) is 0 Å². The van der Waals surface area contributed by atoms with Gasteiger partial charge in [-0.15, -0.1) is 0 Å². The monoisotopic (exact) mass is 299 g/mol. The van der Waals surface area contributed by atoms with Crippen molar-refractivity contribution in [3.8, 4) is 11.5 Å². The van der Waals surface area contributed by atoms with Crippen LogP contribution >= 0.6 is 0 Å². The summed E-state index contributed by atoms with van der Waals surface area (Å²) in [5, 5.41) is 0. The highest BCUT2D eigenvalue weighted by Crippen LogP contribution is 2.33. The number of benzene rings is 2. The Kier molecular flexibility index (Phi) is 4.09. The zero-order valence-corrected chi connectivity index (χ0v) is 12.7. The molecule has 1 aliphatic rings. The molecule has 0 bridgehead atoms. The summed E-state index contributed by atoms with van der Waals surface area (Å²) in [6, 6.07) is 10.7. The van der Waals surface area contributed by atoms with Crippen LogP contribution < -0.4 is 9.47 Å². The maximum Gasteiger partial charge on any atom is 0.161 e. The molecule has 22 heavy (non-hydrogen) atoms. The molecule has 0 N–H and O–H groups in total. The van der Waals surface area contributed by atoms with Crippen molar-refractivity contribution >= 4 is 5.71 Å². The van der Waals surface area contributed by atoms with E-state index >= 15 is 0 Å². The Morgan fingerprint density at radius 1 is 1.09 bits per heavy atom. The van der Waals surface area contributed by atoms with Crippen molar-refractivity contribution in [3.05, 3.63) is 58.9 Å². The Balaban J connectivity index is 1.99. The average molecular weight is 299 g/mol. The SMILES string of the molecule is COc1cc2c(cc1OC)C(Cc1ccccc1F)=NCC2. The van der Waals surface area contributed by atoms with E-state index in [1.54, 1.807) is 26.4 Å². The van der Waals surface area contributed by atoms with Gasteiger partial charge in [0.05, 0.1) is 14.2 Å². The van der Waals surface area contributed by atoms with Gasteiger partial charge in [-0.3, -0.25) is 4.99 Å². The van der Waals surface area contributed by atoms with E-state index in [1.807, 2.05) is 18.2 Å². The van der Waals surface area contributed by atoms with Gasteiger partial charge in [-0.2, -0.15) is 0 Å². The van der Waals surface area contributed by atoms with Crippen molar-refractivity contribution in [1.29, 1.82) is 0 Å². The van der Waals surface area contributed by atoms with Gasteiger partial charge in [-0.25, -0.2) is 4.39 Å². The van der Waals surface area contributed by atoms with Gasteiger partial charge in [0.25, 0.3) is 0 Å². The third-order valence-electron chi connectivity index (χ3n) is 3.92. The number of halogens is 1. The van der Waals surface area contributed by atoms with E-state index in [1.165, 1.54) is 11.6 Å². The molecule has 0 atom stereocenters. The Morgan fingerprint density at radius 3 is 2.55 bits per heavy atom. The second kappa shape index (κ2) is 6.18. The molecule has 2 aromatic rings. The fourth-order valence-corrected chi connectivity index (χ4v) is 2.77. The van der Waals surface area contributed by atoms with Gasteiger partial charge in [-0.05, 0) is 35.7 Å². The van der Waals surface area contributed by atoms with Crippen LogP contribution in [0.3, 0.4) is 0 Å². The first-order chi connectivity index (χ1) is 10.7. The number of nitrogens with zero attached hydrogens (tertiary/aromatic N) is 1. The lowest BCUT2D eigenvalue weighted by Crippen LogP contribution is -2.16. The Morgan fingerprint density at radius 2 is 1.82 bits per heavy atom. The van der Waals surface area contributed by atoms with Gasteiger partial charge in [0.15, 0.2) is 11.5 Å². The van der Waals surface area contributed by atoms with Crippen LogP contribution in [0.5, 0.6) is 11.5 Å². The first-order valence-corrected chi connectivity index (χ1v) is 7.25. The molecule has 0 saturated carbocycles. The van der Waals surface area contributed by atoms with Gasteiger partial charge in [0, 0.05) is 24.2 Å². The number of aliphatic imine (C=N–C) groups is 1. The molecule has 0 radical (unpaired) electrons. The summed E-state index contributed by atoms with van der Waals surface area (Å²) < 4.78 is 24.6. The summed E-state index contributed by atoms with van der Waals surface area (Å²) in [5.74, 6) is 1.19. The predicted molar refractivity (Wildman–Crippen MR) is 84.8 cm³/mol. The van der Waals surface area contributed by atoms with Crippen molar-refractivity contribution in [2.24, 2.45) is 4.99 Å². The number of ether oxygens (including phenoxy) is 2. The standard InChI is InChI=1S/C18H18FNO2/c1-21-17-10-12-7-8-20-16(14(12)11-18(17)22-2)9-13-5-3-4-6-15(13)19/h3-6,10-11H,7-9H2,1-2H3. The second-order valence-electron chi connectivity index (χ2n) is 5.21. The van der Waals surface area contributed by atoms with Crippen LogP contribution in [0.1, 0.15) is 16.7 Å². The highest BCUT2D eigenvalue weighted by Gasteiger charge is 2.19. The summed E-state index contributed by atoms with van der Waals surface area (Å²) in [7, 11) is 3.24. The summed E-state index contributed by atoms with van der Waals surface area (Å²) in [5.41, 5.74) is 3.74. The zero-order chi connectivity index (χ0) is 15.5. The molecule has 1 heterocycles. The van der Waals surface area contributed by atoms with E-state index in [0.717, 1.165) is 17.7 Å². The van der Waals surface area contributed by atoms with E-state index in [4.69, 9.17) is 9.47 Å². The molecule has 1 aliphatic heterocycles. The third-order valence-corrected chi connectivity index (χ3v) is 3.92. The lowest BCUT2D eigenvalue weighted by Gasteiger charge is -2.20. The average Bonchev–Trinajstić information content (AvgIpc) is 2.56. The van der Waals surface area contributed by atoms with E-state index < -0.39 is 0 Å². The number of rotatable bonds is 4.